The SMILES string of the molecule is [Cu].[O]=[Mo](=[O])([OH])[OH]. The van der Waals surface area contributed by atoms with E-state index in [1.165, 1.54) is 0 Å². The molecule has 0 bridgehead atoms. The first-order chi connectivity index (χ1) is 2.00. The Labute approximate surface area is 48.4 Å². The van der Waals surface area contributed by atoms with E-state index in [4.69, 9.17) is 14.3 Å². The van der Waals surface area contributed by atoms with Crippen LogP contribution in [0.2, 0.25) is 0 Å². The second kappa shape index (κ2) is 2.83. The first kappa shape index (κ1) is 9.87. The Balaban J connectivity index is 0. The van der Waals surface area contributed by atoms with Crippen LogP contribution >= 0.6 is 0 Å². The molecule has 0 aliphatic carbocycles. The molecular weight excluding hydrogens is 223 g/mol. The summed E-state index contributed by atoms with van der Waals surface area (Å²) in [7, 11) is 0. The van der Waals surface area contributed by atoms with Gasteiger partial charge in [-0.3, -0.25) is 0 Å². The molecule has 0 spiro atoms. The molecule has 0 saturated heterocycles. The maximum atomic E-state index is 8.85. The molecule has 0 heterocycles. The van der Waals surface area contributed by atoms with Crippen LogP contribution in [0.1, 0.15) is 0 Å². The van der Waals surface area contributed by atoms with Crippen molar-refractivity contribution in [3.8, 4) is 0 Å². The molecule has 1 radical (unpaired) electrons. The molecule has 0 unspecified atom stereocenters. The van der Waals surface area contributed by atoms with Gasteiger partial charge in [-0.05, 0) is 0 Å². The average molecular weight is 225 g/mol. The van der Waals surface area contributed by atoms with Crippen LogP contribution in [0, 0.1) is 0 Å². The van der Waals surface area contributed by atoms with E-state index in [0.29, 0.717) is 0 Å². The Bertz CT molecular complexity index is 90.7. The van der Waals surface area contributed by atoms with Crippen molar-refractivity contribution in [3.63, 3.8) is 0 Å². The van der Waals surface area contributed by atoms with Crippen LogP contribution in [0.3, 0.4) is 0 Å². The van der Waals surface area contributed by atoms with Crippen LogP contribution in [0.15, 0.2) is 0 Å². The van der Waals surface area contributed by atoms with E-state index < -0.39 is 16.7 Å². The van der Waals surface area contributed by atoms with E-state index in [2.05, 4.69) is 0 Å². The second-order valence-corrected chi connectivity index (χ2v) is 2.65. The van der Waals surface area contributed by atoms with Crippen molar-refractivity contribution in [3.05, 3.63) is 0 Å². The van der Waals surface area contributed by atoms with Crippen LogP contribution in [0.5, 0.6) is 0 Å². The average Bonchev–Trinajstić information content (AvgIpc) is 0.722. The zero-order valence-electron chi connectivity index (χ0n) is 2.42. The third kappa shape index (κ3) is 124. The van der Waals surface area contributed by atoms with Gasteiger partial charge in [-0.1, -0.05) is 0 Å². The van der Waals surface area contributed by atoms with Crippen LogP contribution in [0.4, 0.5) is 0 Å². The molecule has 0 aromatic rings. The fraction of sp³-hybridized carbons (Fsp3) is 0. The Morgan fingerprint density at radius 1 is 1.17 bits per heavy atom. The minimum absolute atomic E-state index is 0. The Hall–Kier alpha value is 0.728. The van der Waals surface area contributed by atoms with Crippen LogP contribution < -0.4 is 0 Å². The summed E-state index contributed by atoms with van der Waals surface area (Å²) in [5.74, 6) is 0. The topological polar surface area (TPSA) is 74.6 Å². The molecule has 0 aliphatic rings. The molecule has 6 heavy (non-hydrogen) atoms. The Morgan fingerprint density at radius 2 is 1.17 bits per heavy atom. The third-order valence-corrected chi connectivity index (χ3v) is 0. The predicted octanol–water partition coefficient (Wildman–Crippen LogP) is -1.36. The summed E-state index contributed by atoms with van der Waals surface area (Å²) in [5, 5.41) is 0. The van der Waals surface area contributed by atoms with Gasteiger partial charge in [0.15, 0.2) is 0 Å². The number of hydrogen-bond acceptors (Lipinski definition) is 2. The van der Waals surface area contributed by atoms with Gasteiger partial charge < -0.3 is 0 Å². The first-order valence-corrected chi connectivity index (χ1v) is 4.13. The van der Waals surface area contributed by atoms with Crippen molar-refractivity contribution >= 4 is 0 Å². The van der Waals surface area contributed by atoms with Gasteiger partial charge >= 0.3 is 31.1 Å². The summed E-state index contributed by atoms with van der Waals surface area (Å²) in [6.45, 7) is 0. The number of hydrogen-bond donors (Lipinski definition) is 2. The molecule has 6 heteroatoms. The minimum atomic E-state index is -5.52. The Kier molecular flexibility index (Phi) is 4.66. The van der Waals surface area contributed by atoms with Gasteiger partial charge in [-0.15, -0.1) is 0 Å². The van der Waals surface area contributed by atoms with Gasteiger partial charge in [0.1, 0.15) is 0 Å². The van der Waals surface area contributed by atoms with E-state index in [1.54, 1.807) is 0 Å². The fourth-order valence-corrected chi connectivity index (χ4v) is 0. The van der Waals surface area contributed by atoms with Crippen LogP contribution in [-0.2, 0) is 40.6 Å². The first-order valence-electron chi connectivity index (χ1n) is 0.698. The van der Waals surface area contributed by atoms with E-state index in [-0.39, 0.29) is 17.1 Å². The predicted molar refractivity (Wildman–Crippen MR) is 5.81 cm³/mol. The molecule has 0 fully saturated rings. The third-order valence-electron chi connectivity index (χ3n) is 0. The van der Waals surface area contributed by atoms with E-state index in [0.717, 1.165) is 0 Å². The zero-order valence-corrected chi connectivity index (χ0v) is 5.37. The van der Waals surface area contributed by atoms with Crippen molar-refractivity contribution in [2.24, 2.45) is 0 Å². The number of rotatable bonds is 0. The van der Waals surface area contributed by atoms with Gasteiger partial charge in [0, 0.05) is 17.1 Å². The summed E-state index contributed by atoms with van der Waals surface area (Å²) >= 11 is -5.52. The van der Waals surface area contributed by atoms with E-state index in [1.807, 2.05) is 0 Å². The van der Waals surface area contributed by atoms with Crippen molar-refractivity contribution in [1.29, 1.82) is 0 Å². The molecule has 43 valence electrons. The fourth-order valence-electron chi connectivity index (χ4n) is 0. The summed E-state index contributed by atoms with van der Waals surface area (Å²) in [6.07, 6.45) is 0. The molecule has 0 aromatic carbocycles. The normalized spacial score (nSPS) is 9.67. The molecule has 4 nitrogen and oxygen atoms in total. The molecule has 0 amide bonds. The standard InChI is InChI=1S/Cu.Mo.2H2O.2O/h;;2*1H2;;/q;+2;;;;/p-2. The summed E-state index contributed by atoms with van der Waals surface area (Å²) in [5.41, 5.74) is 0. The molecule has 0 rings (SSSR count). The van der Waals surface area contributed by atoms with Crippen molar-refractivity contribution in [2.45, 2.75) is 0 Å². The molecule has 0 aromatic heterocycles. The quantitative estimate of drug-likeness (QED) is 0.500. The summed E-state index contributed by atoms with van der Waals surface area (Å²) < 4.78 is 32.0. The molecule has 0 atom stereocenters. The van der Waals surface area contributed by atoms with Gasteiger partial charge in [-0.2, -0.15) is 0 Å². The summed E-state index contributed by atoms with van der Waals surface area (Å²) in [6, 6.07) is 0. The van der Waals surface area contributed by atoms with E-state index in [9.17, 15) is 0 Å². The zero-order chi connectivity index (χ0) is 4.50. The molecule has 0 saturated carbocycles. The van der Waals surface area contributed by atoms with Crippen molar-refractivity contribution in [1.82, 2.24) is 0 Å². The maximum absolute atomic E-state index is 8.85. The van der Waals surface area contributed by atoms with Gasteiger partial charge in [-0.25, -0.2) is 0 Å². The van der Waals surface area contributed by atoms with Gasteiger partial charge in [0.25, 0.3) is 0 Å². The molecule has 0 aliphatic heterocycles. The van der Waals surface area contributed by atoms with Gasteiger partial charge in [0.2, 0.25) is 0 Å². The molecular formula is H2CuMoO4. The Morgan fingerprint density at radius 3 is 1.17 bits per heavy atom. The van der Waals surface area contributed by atoms with Crippen molar-refractivity contribution < 1.29 is 48.1 Å². The van der Waals surface area contributed by atoms with Crippen molar-refractivity contribution in [2.75, 3.05) is 0 Å². The monoisotopic (exact) mass is 227 g/mol. The second-order valence-electron chi connectivity index (χ2n) is 0.448. The summed E-state index contributed by atoms with van der Waals surface area (Å²) in [4.78, 5) is 0. The molecule has 2 N–H and O–H groups in total. The van der Waals surface area contributed by atoms with Gasteiger partial charge in [0.05, 0.1) is 0 Å². The van der Waals surface area contributed by atoms with E-state index >= 15 is 0 Å². The van der Waals surface area contributed by atoms with Crippen LogP contribution in [0.25, 0.3) is 0 Å². The van der Waals surface area contributed by atoms with Crippen LogP contribution in [-0.4, -0.2) is 7.52 Å².